The minimum absolute atomic E-state index is 0.170. The summed E-state index contributed by atoms with van der Waals surface area (Å²) >= 11 is 0. The number of hydrogen-bond acceptors (Lipinski definition) is 5. The van der Waals surface area contributed by atoms with Crippen LogP contribution in [0.5, 0.6) is 11.5 Å². The molecule has 0 saturated carbocycles. The van der Waals surface area contributed by atoms with E-state index in [-0.39, 0.29) is 18.0 Å². The highest BCUT2D eigenvalue weighted by Crippen LogP contribution is 2.27. The van der Waals surface area contributed by atoms with Gasteiger partial charge >= 0.3 is 0 Å². The SMILES string of the molecule is COc1ccc(OC)c(CCNC(=O)Cn2ncc3c4ccccc4n(Cc4ccccc4)c3c2=O)c1. The summed E-state index contributed by atoms with van der Waals surface area (Å²) in [7, 11) is 3.21. The average Bonchev–Trinajstić information content (AvgIpc) is 3.24. The van der Waals surface area contributed by atoms with Gasteiger partial charge in [0.15, 0.2) is 0 Å². The van der Waals surface area contributed by atoms with Gasteiger partial charge in [-0.25, -0.2) is 4.68 Å². The number of ether oxygens (including phenoxy) is 2. The summed E-state index contributed by atoms with van der Waals surface area (Å²) in [6.07, 6.45) is 2.23. The van der Waals surface area contributed by atoms with Gasteiger partial charge in [0, 0.05) is 29.4 Å². The number of fused-ring (bicyclic) bond motifs is 3. The van der Waals surface area contributed by atoms with Gasteiger partial charge in [-0.1, -0.05) is 48.5 Å². The minimum atomic E-state index is -0.297. The molecular weight excluding hydrogens is 468 g/mol. The molecule has 0 bridgehead atoms. The Bertz CT molecular complexity index is 1620. The number of methoxy groups -OCH3 is 2. The Labute approximate surface area is 214 Å². The van der Waals surface area contributed by atoms with Crippen LogP contribution in [0.2, 0.25) is 0 Å². The van der Waals surface area contributed by atoms with E-state index in [0.29, 0.717) is 25.0 Å². The lowest BCUT2D eigenvalue weighted by molar-refractivity contribution is -0.121. The van der Waals surface area contributed by atoms with Crippen molar-refractivity contribution in [1.82, 2.24) is 19.7 Å². The second kappa shape index (κ2) is 10.6. The largest absolute Gasteiger partial charge is 0.497 e. The van der Waals surface area contributed by atoms with Crippen molar-refractivity contribution in [2.75, 3.05) is 20.8 Å². The molecule has 0 aliphatic carbocycles. The fraction of sp³-hybridized carbons (Fsp3) is 0.207. The lowest BCUT2D eigenvalue weighted by Gasteiger charge is -2.12. The van der Waals surface area contributed by atoms with Crippen LogP contribution in [-0.4, -0.2) is 41.0 Å². The molecule has 0 spiro atoms. The Morgan fingerprint density at radius 3 is 2.51 bits per heavy atom. The molecule has 0 radical (unpaired) electrons. The van der Waals surface area contributed by atoms with Gasteiger partial charge in [0.25, 0.3) is 5.56 Å². The van der Waals surface area contributed by atoms with E-state index in [4.69, 9.17) is 9.47 Å². The van der Waals surface area contributed by atoms with Gasteiger partial charge < -0.3 is 19.4 Å². The zero-order chi connectivity index (χ0) is 25.8. The summed E-state index contributed by atoms with van der Waals surface area (Å²) in [6, 6.07) is 23.4. The highest BCUT2D eigenvalue weighted by Gasteiger charge is 2.17. The maximum atomic E-state index is 13.6. The summed E-state index contributed by atoms with van der Waals surface area (Å²) < 4.78 is 13.9. The smallest absolute Gasteiger partial charge is 0.291 e. The molecule has 0 saturated heterocycles. The van der Waals surface area contributed by atoms with Crippen LogP contribution in [0.15, 0.2) is 83.8 Å². The van der Waals surface area contributed by atoms with Gasteiger partial charge in [0.05, 0.1) is 20.4 Å². The van der Waals surface area contributed by atoms with Gasteiger partial charge in [-0.15, -0.1) is 0 Å². The molecule has 188 valence electrons. The fourth-order valence-electron chi connectivity index (χ4n) is 4.64. The summed E-state index contributed by atoms with van der Waals surface area (Å²) in [6.45, 7) is 0.753. The molecule has 2 heterocycles. The third-order valence-corrected chi connectivity index (χ3v) is 6.45. The van der Waals surface area contributed by atoms with Gasteiger partial charge in [-0.05, 0) is 41.8 Å². The molecule has 0 aliphatic heterocycles. The van der Waals surface area contributed by atoms with Gasteiger partial charge in [-0.2, -0.15) is 5.10 Å². The normalized spacial score (nSPS) is 11.1. The van der Waals surface area contributed by atoms with E-state index < -0.39 is 0 Å². The highest BCUT2D eigenvalue weighted by molar-refractivity contribution is 6.07. The molecule has 1 amide bonds. The third kappa shape index (κ3) is 4.91. The summed E-state index contributed by atoms with van der Waals surface area (Å²) in [5.41, 5.74) is 3.20. The molecule has 0 aliphatic rings. The quantitative estimate of drug-likeness (QED) is 0.336. The van der Waals surface area contributed by atoms with Crippen molar-refractivity contribution in [3.63, 3.8) is 0 Å². The Morgan fingerprint density at radius 2 is 1.73 bits per heavy atom. The lowest BCUT2D eigenvalue weighted by Crippen LogP contribution is -2.35. The van der Waals surface area contributed by atoms with Crippen molar-refractivity contribution >= 4 is 27.7 Å². The van der Waals surface area contributed by atoms with Gasteiger partial charge in [-0.3, -0.25) is 9.59 Å². The number of para-hydroxylation sites is 1. The van der Waals surface area contributed by atoms with Crippen LogP contribution in [0, 0.1) is 0 Å². The van der Waals surface area contributed by atoms with Crippen molar-refractivity contribution in [3.05, 3.63) is 100 Å². The number of carbonyl (C=O) groups is 1. The monoisotopic (exact) mass is 496 g/mol. The van der Waals surface area contributed by atoms with Crippen LogP contribution in [-0.2, 0) is 24.3 Å². The molecule has 5 rings (SSSR count). The van der Waals surface area contributed by atoms with E-state index in [2.05, 4.69) is 10.4 Å². The van der Waals surface area contributed by atoms with Gasteiger partial charge in [0.2, 0.25) is 5.91 Å². The second-order valence-corrected chi connectivity index (χ2v) is 8.74. The first-order chi connectivity index (χ1) is 18.1. The molecule has 3 aromatic carbocycles. The Hall–Kier alpha value is -4.59. The number of amides is 1. The third-order valence-electron chi connectivity index (χ3n) is 6.45. The maximum Gasteiger partial charge on any atom is 0.291 e. The molecule has 8 nitrogen and oxygen atoms in total. The molecule has 5 aromatic rings. The topological polar surface area (TPSA) is 87.4 Å². The van der Waals surface area contributed by atoms with E-state index in [1.165, 1.54) is 4.68 Å². The molecule has 37 heavy (non-hydrogen) atoms. The Kier molecular flexibility index (Phi) is 6.89. The lowest BCUT2D eigenvalue weighted by atomic mass is 10.1. The van der Waals surface area contributed by atoms with E-state index in [1.807, 2.05) is 77.4 Å². The van der Waals surface area contributed by atoms with Crippen LogP contribution >= 0.6 is 0 Å². The van der Waals surface area contributed by atoms with Crippen LogP contribution in [0.3, 0.4) is 0 Å². The predicted octanol–water partition coefficient (Wildman–Crippen LogP) is 3.78. The molecule has 8 heteroatoms. The average molecular weight is 497 g/mol. The highest BCUT2D eigenvalue weighted by atomic mass is 16.5. The van der Waals surface area contributed by atoms with Crippen molar-refractivity contribution in [2.24, 2.45) is 0 Å². The predicted molar refractivity (Wildman–Crippen MR) is 143 cm³/mol. The number of benzene rings is 3. The van der Waals surface area contributed by atoms with Crippen molar-refractivity contribution in [1.29, 1.82) is 0 Å². The molecule has 1 N–H and O–H groups in total. The molecule has 0 unspecified atom stereocenters. The fourth-order valence-corrected chi connectivity index (χ4v) is 4.64. The first-order valence-electron chi connectivity index (χ1n) is 12.1. The number of hydrogen-bond donors (Lipinski definition) is 1. The molecular formula is C29H28N4O4. The van der Waals surface area contributed by atoms with E-state index in [0.717, 1.165) is 38.9 Å². The van der Waals surface area contributed by atoms with Crippen LogP contribution in [0.4, 0.5) is 0 Å². The first kappa shape index (κ1) is 24.1. The van der Waals surface area contributed by atoms with E-state index in [9.17, 15) is 9.59 Å². The van der Waals surface area contributed by atoms with Crippen LogP contribution < -0.4 is 20.3 Å². The number of carbonyl (C=O) groups excluding carboxylic acids is 1. The Morgan fingerprint density at radius 1 is 0.946 bits per heavy atom. The number of nitrogens with one attached hydrogen (secondary N) is 1. The standard InChI is InChI=1S/C29H28N4O4/c1-36-22-12-13-26(37-2)21(16-22)14-15-30-27(34)19-33-29(35)28-24(17-31-33)23-10-6-7-11-25(23)32(28)18-20-8-4-3-5-9-20/h3-13,16-17H,14-15,18-19H2,1-2H3,(H,30,34). The zero-order valence-electron chi connectivity index (χ0n) is 20.8. The maximum absolute atomic E-state index is 13.6. The van der Waals surface area contributed by atoms with E-state index in [1.54, 1.807) is 20.4 Å². The summed E-state index contributed by atoms with van der Waals surface area (Å²) in [5.74, 6) is 1.16. The van der Waals surface area contributed by atoms with Crippen molar-refractivity contribution < 1.29 is 14.3 Å². The zero-order valence-corrected chi connectivity index (χ0v) is 20.8. The first-order valence-corrected chi connectivity index (χ1v) is 12.1. The Balaban J connectivity index is 1.38. The van der Waals surface area contributed by atoms with Crippen LogP contribution in [0.1, 0.15) is 11.1 Å². The number of aromatic nitrogens is 3. The number of nitrogens with zero attached hydrogens (tertiary/aromatic N) is 3. The molecule has 2 aromatic heterocycles. The van der Waals surface area contributed by atoms with Crippen molar-refractivity contribution in [2.45, 2.75) is 19.5 Å². The van der Waals surface area contributed by atoms with Crippen LogP contribution in [0.25, 0.3) is 21.8 Å². The van der Waals surface area contributed by atoms with E-state index >= 15 is 0 Å². The molecule has 0 fully saturated rings. The second-order valence-electron chi connectivity index (χ2n) is 8.74. The van der Waals surface area contributed by atoms with Crippen molar-refractivity contribution in [3.8, 4) is 11.5 Å². The summed E-state index contributed by atoms with van der Waals surface area (Å²) in [4.78, 5) is 26.3. The summed E-state index contributed by atoms with van der Waals surface area (Å²) in [5, 5.41) is 8.95. The van der Waals surface area contributed by atoms with Gasteiger partial charge in [0.1, 0.15) is 23.6 Å². The number of rotatable bonds is 9. The minimum Gasteiger partial charge on any atom is -0.497 e. The molecule has 0 atom stereocenters.